The van der Waals surface area contributed by atoms with Gasteiger partial charge >= 0.3 is 12.2 Å². The van der Waals surface area contributed by atoms with Crippen LogP contribution in [0.25, 0.3) is 22.2 Å². The van der Waals surface area contributed by atoms with Crippen molar-refractivity contribution in [2.45, 2.75) is 75.9 Å². The Hall–Kier alpha value is -5.92. The monoisotopic (exact) mass is 768 g/mol. The molecule has 0 saturated carbocycles. The van der Waals surface area contributed by atoms with Gasteiger partial charge in [-0.1, -0.05) is 24.1 Å². The molecule has 0 aliphatic carbocycles. The van der Waals surface area contributed by atoms with E-state index in [1.807, 2.05) is 42.5 Å². The average molecular weight is 769 g/mol. The van der Waals surface area contributed by atoms with Gasteiger partial charge in [0.1, 0.15) is 29.4 Å². The van der Waals surface area contributed by atoms with Crippen molar-refractivity contribution in [2.75, 3.05) is 41.5 Å². The number of nitrogens with zero attached hydrogens (tertiary/aromatic N) is 4. The van der Waals surface area contributed by atoms with Crippen molar-refractivity contribution in [3.8, 4) is 23.0 Å². The SMILES string of the molecule is COC(=O)N[C@H](C(=O)N1CCC[C@@H]1c1nc2ccc(-c3ccc(C#Cc4cnc([C@@H]5CCCN5C(=O)[C@@H](NC(=O)OC)[C@@H](C)OC)[nH]4)cc3)cc2[nH]1)[C@@H](C)OC. The van der Waals surface area contributed by atoms with Gasteiger partial charge in [0.25, 0.3) is 0 Å². The molecule has 0 bridgehead atoms. The summed E-state index contributed by atoms with van der Waals surface area (Å²) in [7, 11) is 5.48. The molecule has 2 saturated heterocycles. The van der Waals surface area contributed by atoms with Crippen LogP contribution in [0.3, 0.4) is 0 Å². The number of likely N-dealkylation sites (tertiary alicyclic amines) is 2. The van der Waals surface area contributed by atoms with E-state index in [-0.39, 0.29) is 23.9 Å². The fraction of sp³-hybridized carbons (Fsp3) is 0.450. The number of carbonyl (C=O) groups is 4. The molecule has 16 nitrogen and oxygen atoms in total. The molecule has 6 rings (SSSR count). The van der Waals surface area contributed by atoms with Gasteiger partial charge in [0.15, 0.2) is 0 Å². The van der Waals surface area contributed by atoms with E-state index >= 15 is 0 Å². The topological polar surface area (TPSA) is 193 Å². The highest BCUT2D eigenvalue weighted by Crippen LogP contribution is 2.34. The second-order valence-corrected chi connectivity index (χ2v) is 13.9. The molecule has 2 aliphatic heterocycles. The third-order valence-electron chi connectivity index (χ3n) is 10.5. The molecule has 0 radical (unpaired) electrons. The Kier molecular flexibility index (Phi) is 12.6. The normalized spacial score (nSPS) is 18.8. The molecule has 4 heterocycles. The maximum absolute atomic E-state index is 13.7. The van der Waals surface area contributed by atoms with Crippen LogP contribution in [0.4, 0.5) is 9.59 Å². The van der Waals surface area contributed by atoms with E-state index in [0.717, 1.165) is 53.4 Å². The molecule has 296 valence electrons. The van der Waals surface area contributed by atoms with E-state index in [1.165, 1.54) is 28.4 Å². The summed E-state index contributed by atoms with van der Waals surface area (Å²) in [4.78, 5) is 70.7. The van der Waals surface area contributed by atoms with Gasteiger partial charge in [0.2, 0.25) is 11.8 Å². The maximum atomic E-state index is 13.7. The van der Waals surface area contributed by atoms with Crippen molar-refractivity contribution in [3.05, 3.63) is 71.6 Å². The molecule has 4 N–H and O–H groups in total. The zero-order valence-corrected chi connectivity index (χ0v) is 32.4. The minimum atomic E-state index is -0.910. The molecule has 16 heteroatoms. The number of benzene rings is 2. The van der Waals surface area contributed by atoms with Crippen LogP contribution < -0.4 is 10.6 Å². The number of hydrogen-bond donors (Lipinski definition) is 4. The molecular weight excluding hydrogens is 720 g/mol. The zero-order valence-electron chi connectivity index (χ0n) is 32.4. The van der Waals surface area contributed by atoms with Crippen LogP contribution >= 0.6 is 0 Å². The Morgan fingerprint density at radius 1 is 0.750 bits per heavy atom. The summed E-state index contributed by atoms with van der Waals surface area (Å²) in [6.07, 6.45) is 2.16. The number of aromatic amines is 2. The number of nitrogens with one attached hydrogen (secondary N) is 4. The number of rotatable bonds is 11. The van der Waals surface area contributed by atoms with Crippen LogP contribution in [-0.4, -0.2) is 120 Å². The van der Waals surface area contributed by atoms with Gasteiger partial charge < -0.3 is 49.3 Å². The summed E-state index contributed by atoms with van der Waals surface area (Å²) in [6, 6.07) is 11.5. The molecule has 4 amide bonds. The lowest BCUT2D eigenvalue weighted by molar-refractivity contribution is -0.138. The second kappa shape index (κ2) is 17.7. The van der Waals surface area contributed by atoms with Crippen LogP contribution in [0, 0.1) is 11.8 Å². The highest BCUT2D eigenvalue weighted by atomic mass is 16.5. The summed E-state index contributed by atoms with van der Waals surface area (Å²) in [5.41, 5.74) is 5.04. The van der Waals surface area contributed by atoms with Gasteiger partial charge in [-0.3, -0.25) is 9.59 Å². The third kappa shape index (κ3) is 8.64. The number of methoxy groups -OCH3 is 4. The van der Waals surface area contributed by atoms with Crippen molar-refractivity contribution in [1.29, 1.82) is 0 Å². The Morgan fingerprint density at radius 3 is 1.86 bits per heavy atom. The number of H-pyrrole nitrogens is 2. The zero-order chi connectivity index (χ0) is 39.9. The van der Waals surface area contributed by atoms with Crippen LogP contribution in [-0.2, 0) is 28.5 Å². The predicted molar refractivity (Wildman–Crippen MR) is 205 cm³/mol. The number of ether oxygens (including phenoxy) is 4. The summed E-state index contributed by atoms with van der Waals surface area (Å²) in [5.74, 6) is 7.12. The van der Waals surface area contributed by atoms with Gasteiger partial charge in [0.05, 0.1) is 55.7 Å². The fourth-order valence-electron chi connectivity index (χ4n) is 7.21. The average Bonchev–Trinajstić information content (AvgIpc) is 4.06. The van der Waals surface area contributed by atoms with Gasteiger partial charge in [-0.05, 0) is 80.8 Å². The first kappa shape index (κ1) is 39.8. The van der Waals surface area contributed by atoms with Gasteiger partial charge in [-0.25, -0.2) is 19.6 Å². The van der Waals surface area contributed by atoms with Crippen molar-refractivity contribution in [1.82, 2.24) is 40.4 Å². The summed E-state index contributed by atoms with van der Waals surface area (Å²) < 4.78 is 20.2. The Labute approximate surface area is 325 Å². The van der Waals surface area contributed by atoms with Crippen molar-refractivity contribution >= 4 is 35.0 Å². The molecule has 56 heavy (non-hydrogen) atoms. The van der Waals surface area contributed by atoms with Crippen molar-refractivity contribution in [3.63, 3.8) is 0 Å². The number of carbonyl (C=O) groups excluding carboxylic acids is 4. The number of hydrogen-bond acceptors (Lipinski definition) is 10. The van der Waals surface area contributed by atoms with Crippen LogP contribution in [0.15, 0.2) is 48.7 Å². The van der Waals surface area contributed by atoms with E-state index in [4.69, 9.17) is 23.9 Å². The first-order valence-corrected chi connectivity index (χ1v) is 18.6. The van der Waals surface area contributed by atoms with Gasteiger partial charge in [-0.15, -0.1) is 0 Å². The molecule has 2 aromatic heterocycles. The van der Waals surface area contributed by atoms with Gasteiger partial charge in [0, 0.05) is 32.9 Å². The number of fused-ring (bicyclic) bond motifs is 1. The van der Waals surface area contributed by atoms with E-state index in [1.54, 1.807) is 29.8 Å². The number of alkyl carbamates (subject to hydrolysis) is 2. The Bertz CT molecular complexity index is 2100. The van der Waals surface area contributed by atoms with E-state index < -0.39 is 36.5 Å². The third-order valence-corrected chi connectivity index (χ3v) is 10.5. The van der Waals surface area contributed by atoms with E-state index in [2.05, 4.69) is 37.4 Å². The number of aromatic nitrogens is 4. The second-order valence-electron chi connectivity index (χ2n) is 13.9. The van der Waals surface area contributed by atoms with E-state index in [9.17, 15) is 19.2 Å². The Morgan fingerprint density at radius 2 is 1.30 bits per heavy atom. The molecular formula is C40H48N8O8. The maximum Gasteiger partial charge on any atom is 0.407 e. The molecule has 0 unspecified atom stereocenters. The molecule has 2 aliphatic rings. The standard InChI is InChI=1S/C40H48N8O8/c1-23(53-3)33(45-39(51)55-5)37(49)47-19-7-9-31(47)35-41-22-28(42-35)17-13-25-11-14-26(15-12-25)27-16-18-29-30(21-27)44-36(43-29)32-10-8-20-48(32)38(50)34(24(2)54-4)46-40(52)56-6/h11-12,14-16,18,21-24,31-34H,7-10,19-20H2,1-6H3,(H,41,42)(H,43,44)(H,45,51)(H,46,52)/t23-,24-,31+,32-,33+,34+/m1/s1. The number of imidazole rings is 2. The minimum absolute atomic E-state index is 0.255. The van der Waals surface area contributed by atoms with Gasteiger partial charge in [-0.2, -0.15) is 0 Å². The molecule has 4 aromatic rings. The molecule has 2 fully saturated rings. The van der Waals surface area contributed by atoms with Crippen LogP contribution in [0.2, 0.25) is 0 Å². The van der Waals surface area contributed by atoms with Crippen molar-refractivity contribution < 1.29 is 38.1 Å². The first-order valence-electron chi connectivity index (χ1n) is 18.6. The lowest BCUT2D eigenvalue weighted by Crippen LogP contribution is -2.54. The molecule has 6 atom stereocenters. The lowest BCUT2D eigenvalue weighted by Gasteiger charge is -2.30. The van der Waals surface area contributed by atoms with Crippen molar-refractivity contribution in [2.24, 2.45) is 0 Å². The summed E-state index contributed by atoms with van der Waals surface area (Å²) in [5, 5.41) is 5.22. The summed E-state index contributed by atoms with van der Waals surface area (Å²) >= 11 is 0. The molecule has 0 spiro atoms. The minimum Gasteiger partial charge on any atom is -0.453 e. The summed E-state index contributed by atoms with van der Waals surface area (Å²) in [6.45, 7) is 4.50. The largest absolute Gasteiger partial charge is 0.453 e. The highest BCUT2D eigenvalue weighted by Gasteiger charge is 2.40. The number of amides is 4. The van der Waals surface area contributed by atoms with E-state index in [0.29, 0.717) is 30.4 Å². The first-order chi connectivity index (χ1) is 27.0. The smallest absolute Gasteiger partial charge is 0.407 e. The highest BCUT2D eigenvalue weighted by molar-refractivity contribution is 5.88. The fourth-order valence-corrected chi connectivity index (χ4v) is 7.21. The lowest BCUT2D eigenvalue weighted by atomic mass is 10.0. The van der Waals surface area contributed by atoms with Crippen LogP contribution in [0.5, 0.6) is 0 Å². The predicted octanol–water partition coefficient (Wildman–Crippen LogP) is 4.20. The van der Waals surface area contributed by atoms with Crippen LogP contribution in [0.1, 0.15) is 74.5 Å². The quantitative estimate of drug-likeness (QED) is 0.161. The Balaban J connectivity index is 1.13. The molecule has 2 aromatic carbocycles.